The maximum Gasteiger partial charge on any atom is 0.0938 e. The van der Waals surface area contributed by atoms with Crippen LogP contribution in [-0.2, 0) is 9.47 Å². The van der Waals surface area contributed by atoms with Crippen LogP contribution in [0, 0.1) is 35.5 Å². The number of hydrogen-bond donors (Lipinski definition) is 0. The topological polar surface area (TPSA) is 47.6 Å². The van der Waals surface area contributed by atoms with E-state index >= 15 is 0 Å². The highest BCUT2D eigenvalue weighted by atomic mass is 16.5. The highest BCUT2D eigenvalue weighted by Crippen LogP contribution is 2.17. The lowest BCUT2D eigenvalue weighted by atomic mass is 10.0. The van der Waals surface area contributed by atoms with Crippen LogP contribution < -0.4 is 0 Å². The molecule has 11 heteroatoms. The van der Waals surface area contributed by atoms with Crippen LogP contribution in [0.5, 0.6) is 0 Å². The quantitative estimate of drug-likeness (QED) is 0.140. The van der Waals surface area contributed by atoms with Gasteiger partial charge in [-0.05, 0) is 192 Å². The molecule has 11 nitrogen and oxygen atoms in total. The van der Waals surface area contributed by atoms with Gasteiger partial charge in [0.25, 0.3) is 0 Å². The van der Waals surface area contributed by atoms with Crippen molar-refractivity contribution in [3.05, 3.63) is 0 Å². The van der Waals surface area contributed by atoms with Crippen molar-refractivity contribution >= 4 is 0 Å². The minimum absolute atomic E-state index is 0. The third-order valence-electron chi connectivity index (χ3n) is 12.5. The molecule has 3 aliphatic rings. The van der Waals surface area contributed by atoms with Gasteiger partial charge in [0, 0.05) is 94.5 Å². The first-order chi connectivity index (χ1) is 31.0. The van der Waals surface area contributed by atoms with Gasteiger partial charge in [-0.25, -0.2) is 0 Å². The zero-order valence-corrected chi connectivity index (χ0v) is 49.9. The van der Waals surface area contributed by atoms with Crippen LogP contribution >= 0.6 is 0 Å². The van der Waals surface area contributed by atoms with Crippen molar-refractivity contribution in [2.75, 3.05) is 156 Å². The van der Waals surface area contributed by atoms with Gasteiger partial charge in [0.2, 0.25) is 0 Å². The predicted octanol–water partition coefficient (Wildman–Crippen LogP) is 8.69. The molecule has 3 aliphatic heterocycles. The molecule has 1 unspecified atom stereocenters. The summed E-state index contributed by atoms with van der Waals surface area (Å²) in [5.41, 5.74) is 0.00424. The normalized spacial score (nSPS) is 18.5. The smallest absolute Gasteiger partial charge is 0.0938 e. The third kappa shape index (κ3) is 42.4. The van der Waals surface area contributed by atoms with Crippen LogP contribution in [0.4, 0.5) is 0 Å². The number of rotatable bonds is 16. The number of nitrogens with zero attached hydrogens (tertiary/aromatic N) is 9. The number of likely N-dealkylation sites (N-methyl/N-ethyl adjacent to an activating group) is 6. The summed E-state index contributed by atoms with van der Waals surface area (Å²) < 4.78 is 11.0. The van der Waals surface area contributed by atoms with E-state index in [0.29, 0.717) is 30.5 Å². The van der Waals surface area contributed by atoms with Crippen LogP contribution in [0.25, 0.3) is 0 Å². The lowest BCUT2D eigenvalue weighted by molar-refractivity contribution is -0.0513. The summed E-state index contributed by atoms with van der Waals surface area (Å²) in [5, 5.41) is 0. The Balaban J connectivity index is -0.000000362. The molecule has 3 atom stereocenters. The zero-order valence-electron chi connectivity index (χ0n) is 49.9. The lowest BCUT2D eigenvalue weighted by Crippen LogP contribution is -2.47. The largest absolute Gasteiger partial charge is 0.379 e. The van der Waals surface area contributed by atoms with Gasteiger partial charge in [-0.15, -0.1) is 0 Å². The standard InChI is InChI=1S/2C10H22N2.C10H23NO2.C10H19N.C8H18N2.C8H15N.CH4/c2*1-9(2)12(4)8-10-6-5-7-11(10)3;1-6-12-8-10(7-11(4)5)13-9(2)3;1-9(2)7-8-10(3,4)11(5)6;1-8(2)10-6-4-9(3)5-7-10;1-8(2)6-5-7-9(3)4;/h2*9-10H,5-8H2,1-4H3;9-10H,6-8H2,1-5H3;9H,1-6H3;8H,4-7H2,1-3H3;8H,7H2,1-4H3;1H4/t2*10-;;;;;/m10...../s1. The van der Waals surface area contributed by atoms with Gasteiger partial charge < -0.3 is 38.9 Å². The van der Waals surface area contributed by atoms with Crippen LogP contribution in [0.2, 0.25) is 0 Å². The molecular weight excluding hydrogens is 843 g/mol. The second kappa shape index (κ2) is 42.2. The van der Waals surface area contributed by atoms with Crippen molar-refractivity contribution in [2.45, 2.75) is 185 Å². The summed E-state index contributed by atoms with van der Waals surface area (Å²) in [5.74, 6) is 13.5. The minimum Gasteiger partial charge on any atom is -0.379 e. The molecule has 3 heterocycles. The molecule has 0 aliphatic carbocycles. The van der Waals surface area contributed by atoms with Gasteiger partial charge in [0.1, 0.15) is 0 Å². The molecular formula is C57H123N9O2. The zero-order chi connectivity index (χ0) is 52.4. The first-order valence-corrected chi connectivity index (χ1v) is 26.4. The fourth-order valence-corrected chi connectivity index (χ4v) is 6.86. The van der Waals surface area contributed by atoms with Gasteiger partial charge in [0.05, 0.1) is 30.9 Å². The molecule has 0 aromatic carbocycles. The van der Waals surface area contributed by atoms with E-state index in [9.17, 15) is 0 Å². The Labute approximate surface area is 428 Å². The molecule has 3 fully saturated rings. The Hall–Kier alpha value is -1.32. The molecule has 68 heavy (non-hydrogen) atoms. The monoisotopic (exact) mass is 966 g/mol. The minimum atomic E-state index is 0. The lowest BCUT2D eigenvalue weighted by Gasteiger charge is -2.34. The molecule has 0 spiro atoms. The maximum absolute atomic E-state index is 5.70. The summed E-state index contributed by atoms with van der Waals surface area (Å²) in [6.45, 7) is 45.6. The van der Waals surface area contributed by atoms with Crippen molar-refractivity contribution in [1.29, 1.82) is 0 Å². The summed E-state index contributed by atoms with van der Waals surface area (Å²) in [6, 6.07) is 3.70. The molecule has 0 saturated carbocycles. The average Bonchev–Trinajstić information content (AvgIpc) is 3.82. The molecule has 0 bridgehead atoms. The average molecular weight is 967 g/mol. The molecule has 3 rings (SSSR count). The van der Waals surface area contributed by atoms with E-state index in [-0.39, 0.29) is 25.2 Å². The van der Waals surface area contributed by atoms with E-state index in [2.05, 4.69) is 214 Å². The van der Waals surface area contributed by atoms with Gasteiger partial charge in [-0.3, -0.25) is 14.7 Å². The number of likely N-dealkylation sites (tertiary alicyclic amines) is 2. The second-order valence-corrected chi connectivity index (χ2v) is 22.4. The van der Waals surface area contributed by atoms with Crippen LogP contribution in [-0.4, -0.2) is 248 Å². The van der Waals surface area contributed by atoms with E-state index in [1.165, 1.54) is 78.0 Å². The van der Waals surface area contributed by atoms with E-state index in [4.69, 9.17) is 9.47 Å². The number of ether oxygens (including phenoxy) is 2. The van der Waals surface area contributed by atoms with Crippen molar-refractivity contribution in [3.8, 4) is 23.7 Å². The van der Waals surface area contributed by atoms with Crippen LogP contribution in [0.15, 0.2) is 0 Å². The van der Waals surface area contributed by atoms with Crippen molar-refractivity contribution < 1.29 is 9.47 Å². The first kappa shape index (κ1) is 73.2. The Morgan fingerprint density at radius 3 is 1.35 bits per heavy atom. The van der Waals surface area contributed by atoms with E-state index < -0.39 is 0 Å². The van der Waals surface area contributed by atoms with Crippen molar-refractivity contribution in [3.63, 3.8) is 0 Å². The van der Waals surface area contributed by atoms with E-state index in [1.807, 2.05) is 35.1 Å². The molecule has 408 valence electrons. The molecule has 0 aromatic heterocycles. The molecule has 0 amide bonds. The Kier molecular flexibility index (Phi) is 45.5. The maximum atomic E-state index is 5.70. The van der Waals surface area contributed by atoms with Gasteiger partial charge in [0.15, 0.2) is 0 Å². The number of piperazine rings is 1. The fourth-order valence-electron chi connectivity index (χ4n) is 6.86. The van der Waals surface area contributed by atoms with Crippen molar-refractivity contribution in [2.24, 2.45) is 11.8 Å². The summed E-state index contributed by atoms with van der Waals surface area (Å²) >= 11 is 0. The SMILES string of the molecule is C.CC(C)C#CC(C)(C)N(C)C.CC(C)C#CCN(C)C.CC(C)N(C)C[C@@H]1CCCN1C.CC(C)N(C)C[C@H]1CCCN1C.CC(C)N1CCN(C)CC1.CCOCC(CN(C)C)OC(C)C. The molecule has 0 aromatic rings. The highest BCUT2D eigenvalue weighted by Gasteiger charge is 2.24. The van der Waals surface area contributed by atoms with Crippen LogP contribution in [0.1, 0.15) is 137 Å². The van der Waals surface area contributed by atoms with Gasteiger partial charge in [-0.2, -0.15) is 0 Å². The molecule has 3 saturated heterocycles. The number of hydrogen-bond acceptors (Lipinski definition) is 11. The summed E-state index contributed by atoms with van der Waals surface area (Å²) in [6.07, 6.45) is 5.99. The van der Waals surface area contributed by atoms with E-state index in [0.717, 1.165) is 37.8 Å². The Bertz CT molecular complexity index is 1210. The predicted molar refractivity (Wildman–Crippen MR) is 304 cm³/mol. The van der Waals surface area contributed by atoms with E-state index in [1.54, 1.807) is 0 Å². The fraction of sp³-hybridized carbons (Fsp3) is 0.930. The van der Waals surface area contributed by atoms with Gasteiger partial charge >= 0.3 is 0 Å². The van der Waals surface area contributed by atoms with Crippen molar-refractivity contribution in [1.82, 2.24) is 44.1 Å². The summed E-state index contributed by atoms with van der Waals surface area (Å²) in [4.78, 5) is 21.1. The first-order valence-electron chi connectivity index (χ1n) is 26.4. The second-order valence-electron chi connectivity index (χ2n) is 22.4. The highest BCUT2D eigenvalue weighted by molar-refractivity contribution is 5.15. The van der Waals surface area contributed by atoms with Gasteiger partial charge in [-0.1, -0.05) is 58.8 Å². The Morgan fingerprint density at radius 1 is 0.618 bits per heavy atom. The Morgan fingerprint density at radius 2 is 1.06 bits per heavy atom. The van der Waals surface area contributed by atoms with Crippen LogP contribution in [0.3, 0.4) is 0 Å². The molecule has 0 N–H and O–H groups in total. The third-order valence-corrected chi connectivity index (χ3v) is 12.5. The molecule has 0 radical (unpaired) electrons. The summed E-state index contributed by atoms with van der Waals surface area (Å²) in [7, 11) is 23.3.